The van der Waals surface area contributed by atoms with Gasteiger partial charge >= 0.3 is 5.97 Å². The lowest BCUT2D eigenvalue weighted by Crippen LogP contribution is -2.31. The van der Waals surface area contributed by atoms with Gasteiger partial charge < -0.3 is 4.84 Å². The lowest BCUT2D eigenvalue weighted by Gasteiger charge is -2.14. The molecule has 0 aromatic carbocycles. The average Bonchev–Trinajstić information content (AvgIpc) is 2.77. The van der Waals surface area contributed by atoms with Crippen LogP contribution in [0.3, 0.4) is 0 Å². The van der Waals surface area contributed by atoms with Gasteiger partial charge in [0.2, 0.25) is 0 Å². The first-order chi connectivity index (χ1) is 9.66. The summed E-state index contributed by atoms with van der Waals surface area (Å²) in [6.45, 7) is 0. The number of hydrogen-bond acceptors (Lipinski definition) is 7. The topological polar surface area (TPSA) is 83.4 Å². The van der Waals surface area contributed by atoms with E-state index in [1.165, 1.54) is 21.6 Å². The summed E-state index contributed by atoms with van der Waals surface area (Å²) in [6, 6.07) is 5.63. The Balaban J connectivity index is 1.65. The van der Waals surface area contributed by atoms with Crippen LogP contribution in [0.2, 0.25) is 0 Å². The molecule has 1 saturated heterocycles. The van der Waals surface area contributed by atoms with Crippen molar-refractivity contribution in [2.45, 2.75) is 24.3 Å². The van der Waals surface area contributed by atoms with Crippen molar-refractivity contribution in [3.8, 4) is 0 Å². The number of aromatic nitrogens is 1. The van der Waals surface area contributed by atoms with Gasteiger partial charge in [0, 0.05) is 24.8 Å². The molecule has 0 saturated carbocycles. The number of carbonyl (C=O) groups excluding carboxylic acids is 2. The van der Waals surface area contributed by atoms with E-state index in [4.69, 9.17) is 10.2 Å². The van der Waals surface area contributed by atoms with Gasteiger partial charge in [-0.25, -0.2) is 9.78 Å². The van der Waals surface area contributed by atoms with Crippen molar-refractivity contribution in [1.29, 1.82) is 5.41 Å². The Morgan fingerprint density at radius 1 is 1.45 bits per heavy atom. The molecule has 1 N–H and O–H groups in total. The van der Waals surface area contributed by atoms with Crippen molar-refractivity contribution in [2.24, 2.45) is 0 Å². The summed E-state index contributed by atoms with van der Waals surface area (Å²) in [5.41, 5.74) is 0. The summed E-state index contributed by atoms with van der Waals surface area (Å²) < 4.78 is 0. The predicted octanol–water partition coefficient (Wildman–Crippen LogP) is 2.27. The van der Waals surface area contributed by atoms with Crippen LogP contribution in [0.1, 0.15) is 19.3 Å². The van der Waals surface area contributed by atoms with E-state index in [0.717, 1.165) is 10.1 Å². The number of hydrogen-bond donors (Lipinski definition) is 1. The molecule has 0 radical (unpaired) electrons. The minimum atomic E-state index is -0.501. The van der Waals surface area contributed by atoms with Crippen LogP contribution in [-0.4, -0.2) is 33.5 Å². The van der Waals surface area contributed by atoms with Crippen LogP contribution in [0, 0.1) is 5.41 Å². The zero-order chi connectivity index (χ0) is 14.4. The van der Waals surface area contributed by atoms with Gasteiger partial charge in [-0.1, -0.05) is 16.9 Å². The zero-order valence-electron chi connectivity index (χ0n) is 10.6. The lowest BCUT2D eigenvalue weighted by atomic mass is 10.4. The molecule has 1 amide bonds. The first kappa shape index (κ1) is 14.9. The molecule has 1 aliphatic rings. The number of hydroxylamine groups is 2. The SMILES string of the molecule is N=C1CCC(=O)N1OC(=O)CCSSc1ccccn1. The molecule has 0 aliphatic carbocycles. The Hall–Kier alpha value is -1.54. The Morgan fingerprint density at radius 3 is 2.95 bits per heavy atom. The number of amidine groups is 1. The van der Waals surface area contributed by atoms with Gasteiger partial charge in [-0.3, -0.25) is 10.2 Å². The molecule has 1 fully saturated rings. The van der Waals surface area contributed by atoms with E-state index in [9.17, 15) is 9.59 Å². The first-order valence-corrected chi connectivity index (χ1v) is 8.30. The first-order valence-electron chi connectivity index (χ1n) is 5.98. The monoisotopic (exact) mass is 311 g/mol. The van der Waals surface area contributed by atoms with Crippen LogP contribution in [0.15, 0.2) is 29.4 Å². The van der Waals surface area contributed by atoms with E-state index < -0.39 is 5.97 Å². The number of pyridine rings is 1. The molecule has 1 aliphatic heterocycles. The lowest BCUT2D eigenvalue weighted by molar-refractivity contribution is -0.179. The summed E-state index contributed by atoms with van der Waals surface area (Å²) in [5.74, 6) is -0.244. The fraction of sp³-hybridized carbons (Fsp3) is 0.333. The second kappa shape index (κ2) is 7.30. The molecule has 0 bridgehead atoms. The van der Waals surface area contributed by atoms with E-state index in [0.29, 0.717) is 12.2 Å². The molecular weight excluding hydrogens is 298 g/mol. The van der Waals surface area contributed by atoms with Crippen LogP contribution in [-0.2, 0) is 14.4 Å². The summed E-state index contributed by atoms with van der Waals surface area (Å²) >= 11 is 0. The zero-order valence-corrected chi connectivity index (χ0v) is 12.2. The molecule has 1 aromatic rings. The van der Waals surface area contributed by atoms with Crippen LogP contribution in [0.25, 0.3) is 0 Å². The Bertz CT molecular complexity index is 494. The fourth-order valence-corrected chi connectivity index (χ4v) is 3.31. The van der Waals surface area contributed by atoms with Gasteiger partial charge in [0.1, 0.15) is 10.9 Å². The van der Waals surface area contributed by atoms with E-state index in [-0.39, 0.29) is 24.6 Å². The molecule has 1 aromatic heterocycles. The molecule has 0 atom stereocenters. The average molecular weight is 311 g/mol. The van der Waals surface area contributed by atoms with Crippen LogP contribution in [0.4, 0.5) is 0 Å². The molecule has 2 heterocycles. The molecule has 8 heteroatoms. The number of nitrogens with zero attached hydrogens (tertiary/aromatic N) is 2. The van der Waals surface area contributed by atoms with Gasteiger partial charge in [-0.15, -0.1) is 5.06 Å². The number of carbonyl (C=O) groups is 2. The maximum absolute atomic E-state index is 11.6. The second-order valence-corrected chi connectivity index (χ2v) is 6.36. The van der Waals surface area contributed by atoms with Crippen LogP contribution in [0.5, 0.6) is 0 Å². The van der Waals surface area contributed by atoms with Crippen molar-refractivity contribution in [1.82, 2.24) is 10.0 Å². The van der Waals surface area contributed by atoms with E-state index >= 15 is 0 Å². The minimum Gasteiger partial charge on any atom is -0.332 e. The van der Waals surface area contributed by atoms with Crippen molar-refractivity contribution >= 4 is 39.3 Å². The molecule has 6 nitrogen and oxygen atoms in total. The standard InChI is InChI=1S/C12H13N3O3S2/c13-9-4-5-11(16)15(9)18-12(17)6-8-19-20-10-3-1-2-7-14-10/h1-3,7,13H,4-6,8H2. The van der Waals surface area contributed by atoms with Gasteiger partial charge in [0.05, 0.1) is 6.42 Å². The van der Waals surface area contributed by atoms with Crippen molar-refractivity contribution < 1.29 is 14.4 Å². The maximum Gasteiger partial charge on any atom is 0.333 e. The van der Waals surface area contributed by atoms with E-state index in [1.807, 2.05) is 18.2 Å². The third kappa shape index (κ3) is 4.24. The summed E-state index contributed by atoms with van der Waals surface area (Å²) in [7, 11) is 2.97. The molecule has 106 valence electrons. The summed E-state index contributed by atoms with van der Waals surface area (Å²) in [4.78, 5) is 31.9. The molecular formula is C12H13N3O3S2. The van der Waals surface area contributed by atoms with Gasteiger partial charge in [0.15, 0.2) is 0 Å². The Kier molecular flexibility index (Phi) is 5.42. The second-order valence-electron chi connectivity index (χ2n) is 3.92. The third-order valence-corrected chi connectivity index (χ3v) is 4.68. The summed E-state index contributed by atoms with van der Waals surface area (Å²) in [5, 5.41) is 9.13. The fourth-order valence-electron chi connectivity index (χ4n) is 1.46. The van der Waals surface area contributed by atoms with Gasteiger partial charge in [-0.2, -0.15) is 0 Å². The quantitative estimate of drug-likeness (QED) is 0.641. The number of nitrogens with one attached hydrogen (secondary N) is 1. The molecule has 0 spiro atoms. The molecule has 20 heavy (non-hydrogen) atoms. The highest BCUT2D eigenvalue weighted by atomic mass is 33.1. The minimum absolute atomic E-state index is 0.0406. The number of rotatable bonds is 6. The highest BCUT2D eigenvalue weighted by Crippen LogP contribution is 2.29. The van der Waals surface area contributed by atoms with E-state index in [1.54, 1.807) is 6.20 Å². The van der Waals surface area contributed by atoms with Crippen LogP contribution < -0.4 is 0 Å². The third-order valence-electron chi connectivity index (χ3n) is 2.41. The normalized spacial score (nSPS) is 14.7. The van der Waals surface area contributed by atoms with Gasteiger partial charge in [-0.05, 0) is 22.9 Å². The molecule has 2 rings (SSSR count). The van der Waals surface area contributed by atoms with Crippen molar-refractivity contribution in [3.05, 3.63) is 24.4 Å². The largest absolute Gasteiger partial charge is 0.333 e. The van der Waals surface area contributed by atoms with Crippen molar-refractivity contribution in [3.63, 3.8) is 0 Å². The highest BCUT2D eigenvalue weighted by molar-refractivity contribution is 8.76. The Morgan fingerprint density at radius 2 is 2.30 bits per heavy atom. The summed E-state index contributed by atoms with van der Waals surface area (Å²) in [6.07, 6.45) is 2.45. The number of amides is 1. The maximum atomic E-state index is 11.6. The Labute approximate surface area is 124 Å². The highest BCUT2D eigenvalue weighted by Gasteiger charge is 2.29. The van der Waals surface area contributed by atoms with Crippen LogP contribution >= 0.6 is 21.6 Å². The predicted molar refractivity (Wildman–Crippen MR) is 77.1 cm³/mol. The molecule has 0 unspecified atom stereocenters. The van der Waals surface area contributed by atoms with Crippen molar-refractivity contribution in [2.75, 3.05) is 5.75 Å². The van der Waals surface area contributed by atoms with Gasteiger partial charge in [0.25, 0.3) is 5.91 Å². The van der Waals surface area contributed by atoms with E-state index in [2.05, 4.69) is 4.98 Å². The smallest absolute Gasteiger partial charge is 0.332 e.